The van der Waals surface area contributed by atoms with Crippen LogP contribution in [0.4, 0.5) is 0 Å². The van der Waals surface area contributed by atoms with Gasteiger partial charge in [-0.2, -0.15) is 5.10 Å². The second-order valence-electron chi connectivity index (χ2n) is 6.69. The number of aliphatic hydroxyl groups is 1. The molecule has 0 spiro atoms. The number of hydrogen-bond acceptors (Lipinski definition) is 5. The van der Waals surface area contributed by atoms with Crippen LogP contribution in [0, 0.1) is 6.92 Å². The Morgan fingerprint density at radius 3 is 2.55 bits per heavy atom. The first-order valence-corrected chi connectivity index (χ1v) is 8.29. The number of rotatable bonds is 7. The van der Waals surface area contributed by atoms with Crippen molar-refractivity contribution in [2.75, 3.05) is 46.3 Å². The molecule has 0 saturated carbocycles. The van der Waals surface area contributed by atoms with E-state index in [0.29, 0.717) is 6.54 Å². The molecule has 2 heterocycles. The first kappa shape index (κ1) is 17.4. The summed E-state index contributed by atoms with van der Waals surface area (Å²) in [6, 6.07) is 0.533. The van der Waals surface area contributed by atoms with Gasteiger partial charge in [-0.15, -0.1) is 0 Å². The molecule has 1 aliphatic heterocycles. The lowest BCUT2D eigenvalue weighted by Crippen LogP contribution is -2.49. The predicted octanol–water partition coefficient (Wildman–Crippen LogP) is 0.339. The molecule has 0 bridgehead atoms. The third kappa shape index (κ3) is 5.05. The van der Waals surface area contributed by atoms with Crippen molar-refractivity contribution in [2.24, 2.45) is 0 Å². The van der Waals surface area contributed by atoms with Crippen molar-refractivity contribution in [3.63, 3.8) is 0 Å². The predicted molar refractivity (Wildman–Crippen MR) is 89.1 cm³/mol. The van der Waals surface area contributed by atoms with E-state index in [1.807, 2.05) is 17.8 Å². The number of likely N-dealkylation sites (N-methyl/N-ethyl adjacent to an activating group) is 1. The highest BCUT2D eigenvalue weighted by molar-refractivity contribution is 5.00. The van der Waals surface area contributed by atoms with Crippen LogP contribution in [-0.2, 0) is 0 Å². The molecule has 1 fully saturated rings. The summed E-state index contributed by atoms with van der Waals surface area (Å²) < 4.78 is 1.99. The molecular weight excluding hydrogens is 278 g/mol. The van der Waals surface area contributed by atoms with Crippen LogP contribution in [0.5, 0.6) is 0 Å². The molecule has 2 N–H and O–H groups in total. The van der Waals surface area contributed by atoms with E-state index in [1.54, 1.807) is 0 Å². The molecule has 22 heavy (non-hydrogen) atoms. The summed E-state index contributed by atoms with van der Waals surface area (Å²) in [7, 11) is 2.15. The van der Waals surface area contributed by atoms with Gasteiger partial charge in [-0.25, -0.2) is 0 Å². The Morgan fingerprint density at radius 1 is 1.27 bits per heavy atom. The van der Waals surface area contributed by atoms with E-state index in [-0.39, 0.29) is 18.2 Å². The number of nitrogens with one attached hydrogen (secondary N) is 1. The third-order valence-electron chi connectivity index (χ3n) is 4.61. The van der Waals surface area contributed by atoms with Gasteiger partial charge in [-0.05, 0) is 33.4 Å². The molecule has 6 heteroatoms. The van der Waals surface area contributed by atoms with E-state index in [0.717, 1.165) is 32.7 Å². The lowest BCUT2D eigenvalue weighted by molar-refractivity contribution is 0.0777. The third-order valence-corrected chi connectivity index (χ3v) is 4.61. The molecule has 1 aromatic rings. The van der Waals surface area contributed by atoms with Crippen molar-refractivity contribution < 1.29 is 5.11 Å². The van der Waals surface area contributed by atoms with Crippen molar-refractivity contribution in [3.8, 4) is 0 Å². The fourth-order valence-corrected chi connectivity index (χ4v) is 2.77. The van der Waals surface area contributed by atoms with Gasteiger partial charge in [0.25, 0.3) is 0 Å². The van der Waals surface area contributed by atoms with Gasteiger partial charge in [0.2, 0.25) is 0 Å². The molecule has 2 rings (SSSR count). The summed E-state index contributed by atoms with van der Waals surface area (Å²) in [5, 5.41) is 18.0. The number of β-amino-alcohol motifs (C(OH)–C–C–N with tert-alkyl or cyclic N) is 1. The maximum atomic E-state index is 10.2. The standard InChI is InChI=1S/C16H31N5O/c1-13-9-18-21(11-13)15(3)14(2)17-10-16(22)12-20-7-5-19(4)6-8-20/h9,11,14-17,22H,5-8,10,12H2,1-4H3/t14-,15-,16-/m1/s1. The molecule has 0 radical (unpaired) electrons. The van der Waals surface area contributed by atoms with Crippen molar-refractivity contribution in [1.29, 1.82) is 0 Å². The number of piperazine rings is 1. The highest BCUT2D eigenvalue weighted by atomic mass is 16.3. The Hall–Kier alpha value is -0.950. The average Bonchev–Trinajstić information content (AvgIpc) is 2.93. The van der Waals surface area contributed by atoms with E-state index in [4.69, 9.17) is 0 Å². The summed E-state index contributed by atoms with van der Waals surface area (Å²) in [6.45, 7) is 12.0. The zero-order valence-corrected chi connectivity index (χ0v) is 14.4. The Balaban J connectivity index is 1.70. The second-order valence-corrected chi connectivity index (χ2v) is 6.69. The van der Waals surface area contributed by atoms with Gasteiger partial charge in [0.15, 0.2) is 0 Å². The molecule has 1 saturated heterocycles. The first-order valence-electron chi connectivity index (χ1n) is 8.29. The minimum atomic E-state index is -0.322. The Kier molecular flexibility index (Phi) is 6.37. The number of hydrogen-bond donors (Lipinski definition) is 2. The van der Waals surface area contributed by atoms with Crippen LogP contribution in [-0.4, -0.2) is 83.1 Å². The maximum Gasteiger partial charge on any atom is 0.0791 e. The Bertz CT molecular complexity index is 441. The zero-order chi connectivity index (χ0) is 16.1. The fraction of sp³-hybridized carbons (Fsp3) is 0.812. The lowest BCUT2D eigenvalue weighted by Gasteiger charge is -2.34. The quantitative estimate of drug-likeness (QED) is 0.761. The second kappa shape index (κ2) is 8.06. The number of aryl methyl sites for hydroxylation is 1. The van der Waals surface area contributed by atoms with Gasteiger partial charge < -0.3 is 15.3 Å². The topological polar surface area (TPSA) is 56.6 Å². The van der Waals surface area contributed by atoms with Crippen molar-refractivity contribution in [1.82, 2.24) is 24.9 Å². The summed E-state index contributed by atoms with van der Waals surface area (Å²) in [4.78, 5) is 4.67. The van der Waals surface area contributed by atoms with Crippen LogP contribution in [0.1, 0.15) is 25.5 Å². The number of aliphatic hydroxyl groups excluding tert-OH is 1. The molecule has 1 aliphatic rings. The smallest absolute Gasteiger partial charge is 0.0791 e. The van der Waals surface area contributed by atoms with Crippen molar-refractivity contribution in [3.05, 3.63) is 18.0 Å². The molecule has 0 aliphatic carbocycles. The van der Waals surface area contributed by atoms with Gasteiger partial charge in [0.05, 0.1) is 18.3 Å². The van der Waals surface area contributed by atoms with Gasteiger partial charge >= 0.3 is 0 Å². The minimum Gasteiger partial charge on any atom is -0.390 e. The molecular formula is C16H31N5O. The molecule has 1 aromatic heterocycles. The molecule has 0 unspecified atom stereocenters. The van der Waals surface area contributed by atoms with Crippen LogP contribution in [0.15, 0.2) is 12.4 Å². The first-order chi connectivity index (χ1) is 10.5. The SMILES string of the molecule is Cc1cnn([C@H](C)[C@@H](C)NC[C@@H](O)CN2CCN(C)CC2)c1. The van der Waals surface area contributed by atoms with Crippen LogP contribution >= 0.6 is 0 Å². The van der Waals surface area contributed by atoms with Crippen LogP contribution in [0.3, 0.4) is 0 Å². The highest BCUT2D eigenvalue weighted by Gasteiger charge is 2.19. The normalized spacial score (nSPS) is 21.7. The Labute approximate surface area is 134 Å². The molecule has 126 valence electrons. The van der Waals surface area contributed by atoms with Gasteiger partial charge in [-0.3, -0.25) is 9.58 Å². The van der Waals surface area contributed by atoms with Crippen LogP contribution in [0.2, 0.25) is 0 Å². The lowest BCUT2D eigenvalue weighted by atomic mass is 10.1. The summed E-state index contributed by atoms with van der Waals surface area (Å²) >= 11 is 0. The Morgan fingerprint density at radius 2 is 1.95 bits per heavy atom. The fourth-order valence-electron chi connectivity index (χ4n) is 2.77. The van der Waals surface area contributed by atoms with E-state index in [9.17, 15) is 5.11 Å². The largest absolute Gasteiger partial charge is 0.390 e. The summed E-state index contributed by atoms with van der Waals surface area (Å²) in [6.07, 6.45) is 3.62. The van der Waals surface area contributed by atoms with E-state index in [1.165, 1.54) is 5.56 Å². The highest BCUT2D eigenvalue weighted by Crippen LogP contribution is 2.10. The van der Waals surface area contributed by atoms with Crippen LogP contribution in [0.25, 0.3) is 0 Å². The van der Waals surface area contributed by atoms with Crippen molar-refractivity contribution in [2.45, 2.75) is 39.0 Å². The monoisotopic (exact) mass is 309 g/mol. The van der Waals surface area contributed by atoms with Crippen LogP contribution < -0.4 is 5.32 Å². The molecule has 0 amide bonds. The zero-order valence-electron chi connectivity index (χ0n) is 14.4. The van der Waals surface area contributed by atoms with Gasteiger partial charge in [-0.1, -0.05) is 0 Å². The average molecular weight is 309 g/mol. The molecule has 3 atom stereocenters. The molecule has 6 nitrogen and oxygen atoms in total. The van der Waals surface area contributed by atoms with Gasteiger partial charge in [0, 0.05) is 51.5 Å². The van der Waals surface area contributed by atoms with Gasteiger partial charge in [0.1, 0.15) is 0 Å². The van der Waals surface area contributed by atoms with E-state index < -0.39 is 0 Å². The molecule has 0 aromatic carbocycles. The number of nitrogens with zero attached hydrogens (tertiary/aromatic N) is 4. The van der Waals surface area contributed by atoms with E-state index >= 15 is 0 Å². The maximum absolute atomic E-state index is 10.2. The van der Waals surface area contributed by atoms with Crippen molar-refractivity contribution >= 4 is 0 Å². The summed E-state index contributed by atoms with van der Waals surface area (Å²) in [5.41, 5.74) is 1.18. The number of aromatic nitrogens is 2. The minimum absolute atomic E-state index is 0.265. The van der Waals surface area contributed by atoms with E-state index in [2.05, 4.69) is 47.3 Å². The summed E-state index contributed by atoms with van der Waals surface area (Å²) in [5.74, 6) is 0.